The Morgan fingerprint density at radius 3 is 2.48 bits per heavy atom. The maximum Gasteiger partial charge on any atom is 0.169 e. The Labute approximate surface area is 144 Å². The fourth-order valence-electron chi connectivity index (χ4n) is 2.81. The summed E-state index contributed by atoms with van der Waals surface area (Å²) in [6.07, 6.45) is 2.09. The summed E-state index contributed by atoms with van der Waals surface area (Å²) in [6, 6.07) is 4.15. The maximum atomic E-state index is 5.54. The van der Waals surface area contributed by atoms with Crippen LogP contribution in [-0.4, -0.2) is 58.0 Å². The van der Waals surface area contributed by atoms with Gasteiger partial charge < -0.3 is 24.6 Å². The molecule has 0 bridgehead atoms. The van der Waals surface area contributed by atoms with Gasteiger partial charge in [0.05, 0.1) is 34.9 Å². The van der Waals surface area contributed by atoms with E-state index in [0.717, 1.165) is 55.6 Å². The Morgan fingerprint density at radius 1 is 1.22 bits per heavy atom. The number of hydrogen-bond donors (Lipinski definition) is 2. The predicted octanol–water partition coefficient (Wildman–Crippen LogP) is 0.471. The second-order valence-electron chi connectivity index (χ2n) is 6.19. The van der Waals surface area contributed by atoms with Crippen LogP contribution in [0.1, 0.15) is 17.5 Å². The Balaban J connectivity index is 1.95. The fourth-order valence-corrected chi connectivity index (χ4v) is 3.06. The first-order valence-corrected chi connectivity index (χ1v) is 8.51. The molecule has 0 saturated heterocycles. The van der Waals surface area contributed by atoms with Crippen molar-refractivity contribution in [2.45, 2.75) is 19.4 Å². The van der Waals surface area contributed by atoms with E-state index in [1.807, 2.05) is 0 Å². The van der Waals surface area contributed by atoms with Gasteiger partial charge in [-0.25, -0.2) is 0 Å². The van der Waals surface area contributed by atoms with Gasteiger partial charge in [-0.3, -0.25) is 0 Å². The van der Waals surface area contributed by atoms with Gasteiger partial charge in [0.25, 0.3) is 0 Å². The van der Waals surface area contributed by atoms with E-state index in [4.69, 9.17) is 21.7 Å². The third-order valence-electron chi connectivity index (χ3n) is 4.14. The lowest BCUT2D eigenvalue weighted by Gasteiger charge is -2.31. The van der Waals surface area contributed by atoms with E-state index in [1.165, 1.54) is 16.0 Å². The van der Waals surface area contributed by atoms with Gasteiger partial charge in [-0.15, -0.1) is 0 Å². The molecule has 0 spiro atoms. The average molecular weight is 338 g/mol. The van der Waals surface area contributed by atoms with Crippen LogP contribution in [0.4, 0.5) is 0 Å². The molecule has 0 amide bonds. The molecule has 1 aliphatic rings. The van der Waals surface area contributed by atoms with Crippen LogP contribution in [0.2, 0.25) is 0 Å². The second kappa shape index (κ2) is 8.36. The number of ether oxygens (including phenoxy) is 2. The lowest BCUT2D eigenvalue weighted by molar-refractivity contribution is -0.858. The zero-order valence-electron chi connectivity index (χ0n) is 14.6. The molecule has 23 heavy (non-hydrogen) atoms. The Hall–Kier alpha value is -1.53. The number of methoxy groups -OCH3 is 2. The van der Waals surface area contributed by atoms with Crippen LogP contribution in [-0.2, 0) is 13.0 Å². The molecule has 2 rings (SSSR count). The molecule has 0 unspecified atom stereocenters. The molecule has 0 aromatic heterocycles. The van der Waals surface area contributed by atoms with Crippen LogP contribution in [0.15, 0.2) is 12.1 Å². The first kappa shape index (κ1) is 17.8. The van der Waals surface area contributed by atoms with E-state index in [0.29, 0.717) is 0 Å². The smallest absolute Gasteiger partial charge is 0.169 e. The molecule has 0 fully saturated rings. The molecule has 0 aliphatic carbocycles. The van der Waals surface area contributed by atoms with Gasteiger partial charge in [0.15, 0.2) is 16.6 Å². The highest BCUT2D eigenvalue weighted by Gasteiger charge is 2.20. The summed E-state index contributed by atoms with van der Waals surface area (Å²) in [4.78, 5) is 3.69. The molecule has 128 valence electrons. The van der Waals surface area contributed by atoms with Gasteiger partial charge in [-0.2, -0.15) is 0 Å². The number of thiocarbonyl (C=S) groups is 1. The van der Waals surface area contributed by atoms with Crippen molar-refractivity contribution in [1.82, 2.24) is 10.2 Å². The van der Waals surface area contributed by atoms with Gasteiger partial charge in [0.1, 0.15) is 0 Å². The first-order valence-electron chi connectivity index (χ1n) is 8.10. The highest BCUT2D eigenvalue weighted by Crippen LogP contribution is 2.33. The molecule has 0 saturated carbocycles. The predicted molar refractivity (Wildman–Crippen MR) is 96.6 cm³/mol. The zero-order chi connectivity index (χ0) is 16.8. The second-order valence-corrected chi connectivity index (χ2v) is 6.58. The van der Waals surface area contributed by atoms with Crippen molar-refractivity contribution in [3.05, 3.63) is 23.3 Å². The van der Waals surface area contributed by atoms with Crippen molar-refractivity contribution >= 4 is 17.3 Å². The Morgan fingerprint density at radius 2 is 1.87 bits per heavy atom. The fraction of sp³-hybridized carbons (Fsp3) is 0.588. The van der Waals surface area contributed by atoms with Crippen LogP contribution in [0.5, 0.6) is 11.5 Å². The molecule has 5 nitrogen and oxygen atoms in total. The number of quaternary nitrogens is 1. The van der Waals surface area contributed by atoms with Crippen molar-refractivity contribution < 1.29 is 14.4 Å². The standard InChI is InChI=1S/C17H27N3O2S/c1-19(2)8-5-7-18-17(23)20-9-6-13-10-15(21-3)16(22-4)11-14(13)12-20/h10-11H,5-9,12H2,1-4H3,(H,18,23)/p+1. The van der Waals surface area contributed by atoms with Crippen LogP contribution in [0, 0.1) is 0 Å². The molecule has 0 radical (unpaired) electrons. The summed E-state index contributed by atoms with van der Waals surface area (Å²) >= 11 is 5.54. The maximum absolute atomic E-state index is 5.54. The quantitative estimate of drug-likeness (QED) is 0.583. The molecular formula is C17H28N3O2S+. The third kappa shape index (κ3) is 4.72. The lowest BCUT2D eigenvalue weighted by Crippen LogP contribution is -3.05. The summed E-state index contributed by atoms with van der Waals surface area (Å²) in [5.74, 6) is 1.58. The summed E-state index contributed by atoms with van der Waals surface area (Å²) in [6.45, 7) is 3.84. The molecule has 1 heterocycles. The molecule has 1 aromatic rings. The van der Waals surface area contributed by atoms with E-state index in [1.54, 1.807) is 14.2 Å². The normalized spacial score (nSPS) is 13.7. The number of nitrogens with one attached hydrogen (secondary N) is 2. The third-order valence-corrected chi connectivity index (χ3v) is 4.54. The SMILES string of the molecule is COc1cc2c(cc1OC)CN(C(=S)NCCC[NH+](C)C)CC2. The highest BCUT2D eigenvalue weighted by atomic mass is 32.1. The monoisotopic (exact) mass is 338 g/mol. The minimum atomic E-state index is 0.779. The Kier molecular flexibility index (Phi) is 6.47. The van der Waals surface area contributed by atoms with Crippen molar-refractivity contribution in [2.24, 2.45) is 0 Å². The Bertz CT molecular complexity index is 549. The molecule has 1 aromatic carbocycles. The van der Waals surface area contributed by atoms with Crippen LogP contribution >= 0.6 is 12.2 Å². The summed E-state index contributed by atoms with van der Waals surface area (Å²) in [5, 5.41) is 4.22. The number of rotatable bonds is 6. The van der Waals surface area contributed by atoms with Gasteiger partial charge in [0, 0.05) is 26.1 Å². The molecule has 6 heteroatoms. The number of nitrogens with zero attached hydrogens (tertiary/aromatic N) is 1. The van der Waals surface area contributed by atoms with E-state index in [9.17, 15) is 0 Å². The summed E-state index contributed by atoms with van der Waals surface area (Å²) in [5.41, 5.74) is 2.58. The van der Waals surface area contributed by atoms with Crippen LogP contribution in [0.25, 0.3) is 0 Å². The minimum absolute atomic E-state index is 0.779. The van der Waals surface area contributed by atoms with Crippen LogP contribution in [0.3, 0.4) is 0 Å². The number of benzene rings is 1. The molecular weight excluding hydrogens is 310 g/mol. The van der Waals surface area contributed by atoms with Crippen molar-refractivity contribution in [3.8, 4) is 11.5 Å². The van der Waals surface area contributed by atoms with Gasteiger partial charge in [-0.1, -0.05) is 0 Å². The van der Waals surface area contributed by atoms with Crippen molar-refractivity contribution in [2.75, 3.05) is 47.9 Å². The van der Waals surface area contributed by atoms with Gasteiger partial charge in [-0.05, 0) is 41.9 Å². The topological polar surface area (TPSA) is 38.2 Å². The highest BCUT2D eigenvalue weighted by molar-refractivity contribution is 7.80. The summed E-state index contributed by atoms with van der Waals surface area (Å²) < 4.78 is 10.8. The van der Waals surface area contributed by atoms with E-state index in [2.05, 4.69) is 36.4 Å². The average Bonchev–Trinajstić information content (AvgIpc) is 2.56. The molecule has 1 aliphatic heterocycles. The summed E-state index contributed by atoms with van der Waals surface area (Å²) in [7, 11) is 7.68. The van der Waals surface area contributed by atoms with E-state index >= 15 is 0 Å². The molecule has 0 atom stereocenters. The largest absolute Gasteiger partial charge is 0.493 e. The first-order chi connectivity index (χ1) is 11.0. The lowest BCUT2D eigenvalue weighted by atomic mass is 9.99. The number of hydrogen-bond acceptors (Lipinski definition) is 3. The van der Waals surface area contributed by atoms with E-state index < -0.39 is 0 Å². The minimum Gasteiger partial charge on any atom is -0.493 e. The van der Waals surface area contributed by atoms with Crippen LogP contribution < -0.4 is 19.7 Å². The molecule has 2 N–H and O–H groups in total. The van der Waals surface area contributed by atoms with Gasteiger partial charge >= 0.3 is 0 Å². The number of fused-ring (bicyclic) bond motifs is 1. The van der Waals surface area contributed by atoms with E-state index in [-0.39, 0.29) is 0 Å². The van der Waals surface area contributed by atoms with Gasteiger partial charge in [0.2, 0.25) is 0 Å². The zero-order valence-corrected chi connectivity index (χ0v) is 15.4. The van der Waals surface area contributed by atoms with Crippen molar-refractivity contribution in [3.63, 3.8) is 0 Å². The van der Waals surface area contributed by atoms with Crippen molar-refractivity contribution in [1.29, 1.82) is 0 Å².